The third-order valence-corrected chi connectivity index (χ3v) is 3.52. The Kier molecular flexibility index (Phi) is 24.7. The van der Waals surface area contributed by atoms with Gasteiger partial charge in [0.05, 0.1) is 6.61 Å². The molecule has 1 heterocycles. The van der Waals surface area contributed by atoms with Gasteiger partial charge in [-0.25, -0.2) is 24.0 Å². The molecule has 1 N–H and O–H groups in total. The number of methoxy groups -OCH3 is 1. The lowest BCUT2D eigenvalue weighted by molar-refractivity contribution is -0.191. The number of cyclic esters (lactones) is 2. The normalized spacial score (nSPS) is 16.2. The van der Waals surface area contributed by atoms with Crippen LogP contribution >= 0.6 is 0 Å². The van der Waals surface area contributed by atoms with Gasteiger partial charge in [0, 0.05) is 18.3 Å². The van der Waals surface area contributed by atoms with Gasteiger partial charge >= 0.3 is 29.8 Å². The number of rotatable bonds is 9. The summed E-state index contributed by atoms with van der Waals surface area (Å²) >= 11 is 0. The van der Waals surface area contributed by atoms with Crippen molar-refractivity contribution in [2.45, 2.75) is 67.8 Å². The summed E-state index contributed by atoms with van der Waals surface area (Å²) in [6.45, 7) is 14.3. The van der Waals surface area contributed by atoms with E-state index in [9.17, 15) is 24.0 Å². The number of carbonyl (C=O) groups is 5. The van der Waals surface area contributed by atoms with Gasteiger partial charge in [-0.1, -0.05) is 28.0 Å². The molecule has 1 saturated heterocycles. The van der Waals surface area contributed by atoms with Crippen LogP contribution in [0.5, 0.6) is 0 Å². The molecule has 0 aromatic carbocycles. The summed E-state index contributed by atoms with van der Waals surface area (Å²) in [4.78, 5) is 53.7. The van der Waals surface area contributed by atoms with Gasteiger partial charge in [0.1, 0.15) is 19.8 Å². The van der Waals surface area contributed by atoms with Crippen LogP contribution in [0.1, 0.15) is 49.5 Å². The van der Waals surface area contributed by atoms with Crippen LogP contribution in [-0.4, -0.2) is 86.8 Å². The SMILES string of the molecule is C.C.C=C(C)C(=O)OCCO.C=C(C)C(=O)OCCOC(=O)C(C)OC.CC1OC(=O)C(C)OC1=O. The molecule has 210 valence electrons. The standard InChI is InChI=1S/C10H16O5.C6H8O4.C6H10O3.2CH4/c1-7(2)9(11)14-5-6-15-10(12)8(3)13-4;1-3-5(7)10-4(2)6(8)9-3;1-5(2)6(8)9-4-3-7;;/h8H,1,5-6H2,2-4H3;3-4H,1-2H3;7H,1,3-4H2,2H3;2*1H4. The first-order valence-corrected chi connectivity index (χ1v) is 10.1. The maximum atomic E-state index is 11.0. The summed E-state index contributed by atoms with van der Waals surface area (Å²) in [5.74, 6) is -2.39. The lowest BCUT2D eigenvalue weighted by Crippen LogP contribution is -2.40. The number of carbonyl (C=O) groups excluding carboxylic acids is 5. The van der Waals surface area contributed by atoms with Crippen molar-refractivity contribution >= 4 is 29.8 Å². The summed E-state index contributed by atoms with van der Waals surface area (Å²) in [5, 5.41) is 8.19. The van der Waals surface area contributed by atoms with Crippen LogP contribution in [0.3, 0.4) is 0 Å². The second kappa shape index (κ2) is 22.2. The minimum Gasteiger partial charge on any atom is -0.460 e. The maximum Gasteiger partial charge on any atom is 0.347 e. The predicted molar refractivity (Wildman–Crippen MR) is 131 cm³/mol. The van der Waals surface area contributed by atoms with Gasteiger partial charge in [0.15, 0.2) is 18.3 Å². The van der Waals surface area contributed by atoms with Crippen molar-refractivity contribution in [3.8, 4) is 0 Å². The van der Waals surface area contributed by atoms with Gasteiger partial charge in [-0.2, -0.15) is 0 Å². The highest BCUT2D eigenvalue weighted by Gasteiger charge is 2.32. The van der Waals surface area contributed by atoms with Crippen molar-refractivity contribution < 1.29 is 57.5 Å². The molecular weight excluding hydrogens is 480 g/mol. The lowest BCUT2D eigenvalue weighted by atomic mass is 10.3. The molecule has 1 rings (SSSR count). The number of esters is 5. The van der Waals surface area contributed by atoms with E-state index in [-0.39, 0.29) is 41.3 Å². The Morgan fingerprint density at radius 3 is 1.56 bits per heavy atom. The van der Waals surface area contributed by atoms with Crippen molar-refractivity contribution in [2.75, 3.05) is 33.5 Å². The topological polar surface area (TPSA) is 161 Å². The number of hydrogen-bond donors (Lipinski definition) is 1. The van der Waals surface area contributed by atoms with Crippen LogP contribution in [0.2, 0.25) is 0 Å². The van der Waals surface area contributed by atoms with E-state index in [2.05, 4.69) is 27.4 Å². The quantitative estimate of drug-likeness (QED) is 0.203. The molecule has 12 heteroatoms. The Bertz CT molecular complexity index is 709. The highest BCUT2D eigenvalue weighted by Crippen LogP contribution is 2.08. The molecule has 12 nitrogen and oxygen atoms in total. The number of aliphatic hydroxyl groups is 1. The smallest absolute Gasteiger partial charge is 0.347 e. The van der Waals surface area contributed by atoms with Gasteiger partial charge in [0.25, 0.3) is 0 Å². The second-order valence-electron chi connectivity index (χ2n) is 6.76. The molecule has 0 spiro atoms. The Labute approximate surface area is 213 Å². The molecule has 0 radical (unpaired) electrons. The average molecular weight is 523 g/mol. The summed E-state index contributed by atoms with van der Waals surface area (Å²) in [6, 6.07) is 0. The molecule has 3 atom stereocenters. The van der Waals surface area contributed by atoms with E-state index in [1.54, 1.807) is 20.8 Å². The van der Waals surface area contributed by atoms with Gasteiger partial charge in [-0.3, -0.25) is 0 Å². The molecular formula is C24H42O12. The van der Waals surface area contributed by atoms with Crippen LogP contribution in [0.25, 0.3) is 0 Å². The van der Waals surface area contributed by atoms with Gasteiger partial charge in [-0.15, -0.1) is 0 Å². The molecule has 1 fully saturated rings. The summed E-state index contributed by atoms with van der Waals surface area (Å²) in [5.41, 5.74) is 0.662. The first kappa shape index (κ1) is 39.9. The lowest BCUT2D eigenvalue weighted by Gasteiger charge is -2.22. The van der Waals surface area contributed by atoms with Gasteiger partial charge in [0.2, 0.25) is 0 Å². The first-order chi connectivity index (χ1) is 15.8. The Morgan fingerprint density at radius 1 is 0.861 bits per heavy atom. The molecule has 1 aliphatic heterocycles. The molecule has 1 aliphatic rings. The molecule has 0 aromatic rings. The fourth-order valence-electron chi connectivity index (χ4n) is 1.51. The van der Waals surface area contributed by atoms with Crippen molar-refractivity contribution in [2.24, 2.45) is 0 Å². The van der Waals surface area contributed by atoms with E-state index in [1.807, 2.05) is 0 Å². The van der Waals surface area contributed by atoms with E-state index < -0.39 is 48.2 Å². The van der Waals surface area contributed by atoms with Crippen molar-refractivity contribution in [3.63, 3.8) is 0 Å². The molecule has 0 aromatic heterocycles. The molecule has 0 saturated carbocycles. The largest absolute Gasteiger partial charge is 0.460 e. The molecule has 0 bridgehead atoms. The third kappa shape index (κ3) is 19.1. The van der Waals surface area contributed by atoms with Crippen LogP contribution in [-0.2, 0) is 52.4 Å². The van der Waals surface area contributed by atoms with E-state index >= 15 is 0 Å². The fraction of sp³-hybridized carbons (Fsp3) is 0.625. The molecule has 3 unspecified atom stereocenters. The molecule has 36 heavy (non-hydrogen) atoms. The minimum absolute atomic E-state index is 0. The average Bonchev–Trinajstić information content (AvgIpc) is 2.78. The Morgan fingerprint density at radius 2 is 1.22 bits per heavy atom. The predicted octanol–water partition coefficient (Wildman–Crippen LogP) is 1.92. The van der Waals surface area contributed by atoms with E-state index in [0.717, 1.165) is 0 Å². The first-order valence-electron chi connectivity index (χ1n) is 10.1. The Balaban J connectivity index is -0.000000216. The molecule has 0 amide bonds. The summed E-state index contributed by atoms with van der Waals surface area (Å²) in [6.07, 6.45) is -2.10. The van der Waals surface area contributed by atoms with E-state index in [4.69, 9.17) is 19.3 Å². The highest BCUT2D eigenvalue weighted by molar-refractivity contribution is 5.87. The maximum absolute atomic E-state index is 11.0. The monoisotopic (exact) mass is 522 g/mol. The van der Waals surface area contributed by atoms with E-state index in [0.29, 0.717) is 11.1 Å². The van der Waals surface area contributed by atoms with Gasteiger partial charge in [-0.05, 0) is 34.6 Å². The Hall–Kier alpha value is -3.25. The zero-order chi connectivity index (χ0) is 26.8. The van der Waals surface area contributed by atoms with Crippen LogP contribution < -0.4 is 0 Å². The van der Waals surface area contributed by atoms with Crippen LogP contribution in [0.4, 0.5) is 0 Å². The van der Waals surface area contributed by atoms with Crippen LogP contribution in [0.15, 0.2) is 24.3 Å². The number of ether oxygens (including phenoxy) is 6. The van der Waals surface area contributed by atoms with Crippen molar-refractivity contribution in [3.05, 3.63) is 24.3 Å². The van der Waals surface area contributed by atoms with Gasteiger partial charge < -0.3 is 33.5 Å². The number of hydrogen-bond acceptors (Lipinski definition) is 12. The molecule has 0 aliphatic carbocycles. The van der Waals surface area contributed by atoms with Crippen LogP contribution in [0, 0.1) is 0 Å². The third-order valence-electron chi connectivity index (χ3n) is 3.52. The van der Waals surface area contributed by atoms with E-state index in [1.165, 1.54) is 21.0 Å². The summed E-state index contributed by atoms with van der Waals surface area (Å²) < 4.78 is 27.9. The van der Waals surface area contributed by atoms with Crippen molar-refractivity contribution in [1.29, 1.82) is 0 Å². The summed E-state index contributed by atoms with van der Waals surface area (Å²) in [7, 11) is 1.41. The highest BCUT2D eigenvalue weighted by atomic mass is 16.6. The zero-order valence-corrected chi connectivity index (χ0v) is 20.4. The minimum atomic E-state index is -0.747. The van der Waals surface area contributed by atoms with Crippen molar-refractivity contribution in [1.82, 2.24) is 0 Å². The second-order valence-corrected chi connectivity index (χ2v) is 6.76. The number of aliphatic hydroxyl groups excluding tert-OH is 1. The zero-order valence-electron chi connectivity index (χ0n) is 20.4. The fourth-order valence-corrected chi connectivity index (χ4v) is 1.51.